The van der Waals surface area contributed by atoms with Crippen LogP contribution in [-0.4, -0.2) is 65.9 Å². The molecule has 0 unspecified atom stereocenters. The molecule has 2 N–H and O–H groups in total. The predicted octanol–water partition coefficient (Wildman–Crippen LogP) is 5.15. The summed E-state index contributed by atoms with van der Waals surface area (Å²) in [5, 5.41) is 16.3. The van der Waals surface area contributed by atoms with E-state index in [1.54, 1.807) is 0 Å². The van der Waals surface area contributed by atoms with Crippen molar-refractivity contribution in [2.45, 2.75) is 90.6 Å². The van der Waals surface area contributed by atoms with Crippen LogP contribution >= 0.6 is 0 Å². The van der Waals surface area contributed by atoms with E-state index in [9.17, 15) is 4.79 Å². The minimum absolute atomic E-state index is 0.137. The van der Waals surface area contributed by atoms with Crippen molar-refractivity contribution in [2.24, 2.45) is 0 Å². The summed E-state index contributed by atoms with van der Waals surface area (Å²) < 4.78 is 16.2. The summed E-state index contributed by atoms with van der Waals surface area (Å²) in [5.41, 5.74) is 0. The van der Waals surface area contributed by atoms with E-state index >= 15 is 0 Å². The van der Waals surface area contributed by atoms with Gasteiger partial charge in [-0.3, -0.25) is 0 Å². The number of aliphatic carboxylic acids is 1. The third kappa shape index (κ3) is 21.0. The molecule has 8 heteroatoms. The van der Waals surface area contributed by atoms with E-state index in [0.717, 1.165) is 13.2 Å². The van der Waals surface area contributed by atoms with Gasteiger partial charge in [0.1, 0.15) is 6.61 Å². The van der Waals surface area contributed by atoms with Gasteiger partial charge in [0.2, 0.25) is 0 Å². The molecule has 0 aromatic heterocycles. The van der Waals surface area contributed by atoms with Gasteiger partial charge in [-0.15, -0.1) is 12.8 Å². The zero-order chi connectivity index (χ0) is 27.5. The van der Waals surface area contributed by atoms with Gasteiger partial charge >= 0.3 is 5.97 Å². The molecule has 0 aromatic rings. The lowest BCUT2D eigenvalue weighted by molar-refractivity contribution is -0.130. The van der Waals surface area contributed by atoms with Gasteiger partial charge in [0.25, 0.3) is 0 Å². The molecule has 1 aliphatic heterocycles. The first-order valence-electron chi connectivity index (χ1n) is 11.4. The Labute approximate surface area is 211 Å². The molecule has 196 valence electrons. The molecule has 6 nitrogen and oxygen atoms in total. The Hall–Kier alpha value is -1.58. The van der Waals surface area contributed by atoms with Crippen LogP contribution < -0.4 is 0 Å². The van der Waals surface area contributed by atoms with Crippen LogP contribution in [0.15, 0.2) is 0 Å². The van der Waals surface area contributed by atoms with E-state index < -0.39 is 22.6 Å². The largest absolute Gasteiger partial charge is 0.472 e. The lowest BCUT2D eigenvalue weighted by Gasteiger charge is -2.35. The molecular weight excluding hydrogens is 464 g/mol. The molecule has 0 saturated carbocycles. The fourth-order valence-corrected chi connectivity index (χ4v) is 3.24. The standard InChI is InChI=1S/C10H18O3Si.C9H18OSi.C4H8O.C3H4O/c1-10(2,3)14(4,5)13-8-6-7-9(11)12;1-7-8-10-11(5,6)9(2,3)4;1-2-4-5-3-1;1-2-3-4/h8H2,1-5H3,(H,11,12);1H,8H2,2-6H3;1-4H2;1,4H,3H2. The highest BCUT2D eigenvalue weighted by Gasteiger charge is 2.37. The molecule has 0 aliphatic carbocycles. The van der Waals surface area contributed by atoms with E-state index in [2.05, 4.69) is 86.0 Å². The number of rotatable bonds is 4. The highest BCUT2D eigenvalue weighted by molar-refractivity contribution is 6.74. The monoisotopic (exact) mass is 512 g/mol. The molecule has 0 amide bonds. The zero-order valence-electron chi connectivity index (χ0n) is 23.1. The van der Waals surface area contributed by atoms with Crippen molar-refractivity contribution in [1.29, 1.82) is 0 Å². The second-order valence-corrected chi connectivity index (χ2v) is 20.2. The molecule has 0 spiro atoms. The molecule has 1 fully saturated rings. The van der Waals surface area contributed by atoms with Gasteiger partial charge in [-0.25, -0.2) is 4.79 Å². The van der Waals surface area contributed by atoms with Crippen LogP contribution in [0, 0.1) is 36.5 Å². The number of hydrogen-bond acceptors (Lipinski definition) is 5. The van der Waals surface area contributed by atoms with Crippen molar-refractivity contribution >= 4 is 22.6 Å². The number of ether oxygens (including phenoxy) is 1. The van der Waals surface area contributed by atoms with Crippen molar-refractivity contribution in [1.82, 2.24) is 0 Å². The second kappa shape index (κ2) is 18.7. The van der Waals surface area contributed by atoms with E-state index in [1.165, 1.54) is 12.8 Å². The first-order valence-corrected chi connectivity index (χ1v) is 17.3. The van der Waals surface area contributed by atoms with Crippen molar-refractivity contribution in [3.05, 3.63) is 0 Å². The van der Waals surface area contributed by atoms with E-state index in [-0.39, 0.29) is 23.3 Å². The van der Waals surface area contributed by atoms with Crippen molar-refractivity contribution < 1.29 is 28.6 Å². The van der Waals surface area contributed by atoms with E-state index in [4.69, 9.17) is 30.2 Å². The summed E-state index contributed by atoms with van der Waals surface area (Å²) in [6.45, 7) is 24.1. The van der Waals surface area contributed by atoms with Crippen LogP contribution in [-0.2, 0) is 18.4 Å². The van der Waals surface area contributed by atoms with Crippen LogP contribution in [0.4, 0.5) is 0 Å². The molecule has 1 rings (SSSR count). The molecular formula is C26H48O6Si2. The highest BCUT2D eigenvalue weighted by atomic mass is 28.4. The minimum atomic E-state index is -1.77. The van der Waals surface area contributed by atoms with E-state index in [1.807, 2.05) is 11.8 Å². The Morgan fingerprint density at radius 2 is 1.26 bits per heavy atom. The topological polar surface area (TPSA) is 85.2 Å². The molecule has 0 radical (unpaired) electrons. The molecule has 1 saturated heterocycles. The summed E-state index contributed by atoms with van der Waals surface area (Å²) in [7, 11) is -3.34. The van der Waals surface area contributed by atoms with Crippen LogP contribution in [0.25, 0.3) is 0 Å². The zero-order valence-corrected chi connectivity index (χ0v) is 25.1. The first kappa shape index (κ1) is 37.0. The van der Waals surface area contributed by atoms with Gasteiger partial charge in [0.15, 0.2) is 16.6 Å². The van der Waals surface area contributed by atoms with Gasteiger partial charge in [-0.1, -0.05) is 59.3 Å². The Balaban J connectivity index is -0.000000421. The third-order valence-corrected chi connectivity index (χ3v) is 14.7. The van der Waals surface area contributed by atoms with Gasteiger partial charge in [-0.05, 0) is 49.1 Å². The summed E-state index contributed by atoms with van der Waals surface area (Å²) in [5.74, 6) is 7.90. The van der Waals surface area contributed by atoms with Gasteiger partial charge in [0, 0.05) is 19.1 Å². The molecule has 0 atom stereocenters. The van der Waals surface area contributed by atoms with Crippen molar-refractivity contribution in [3.8, 4) is 36.5 Å². The Kier molecular flexibility index (Phi) is 20.4. The second-order valence-electron chi connectivity index (χ2n) is 10.6. The van der Waals surface area contributed by atoms with Gasteiger partial charge in [-0.2, -0.15) is 0 Å². The quantitative estimate of drug-likeness (QED) is 0.400. The van der Waals surface area contributed by atoms with E-state index in [0.29, 0.717) is 6.61 Å². The van der Waals surface area contributed by atoms with Gasteiger partial charge < -0.3 is 23.8 Å². The van der Waals surface area contributed by atoms with Crippen molar-refractivity contribution in [2.75, 3.05) is 33.0 Å². The highest BCUT2D eigenvalue weighted by Crippen LogP contribution is 2.37. The van der Waals surface area contributed by atoms with Crippen LogP contribution in [0.1, 0.15) is 54.4 Å². The number of terminal acetylenes is 2. The van der Waals surface area contributed by atoms with Crippen LogP contribution in [0.3, 0.4) is 0 Å². The lowest BCUT2D eigenvalue weighted by atomic mass is 10.2. The summed E-state index contributed by atoms with van der Waals surface area (Å²) in [6, 6.07) is 0. The van der Waals surface area contributed by atoms with Crippen LogP contribution in [0.5, 0.6) is 0 Å². The number of hydrogen-bond donors (Lipinski definition) is 2. The normalized spacial score (nSPS) is 13.1. The fraction of sp³-hybridized carbons (Fsp3) is 0.731. The van der Waals surface area contributed by atoms with Crippen LogP contribution in [0.2, 0.25) is 36.3 Å². The minimum Gasteiger partial charge on any atom is -0.472 e. The molecule has 0 aromatic carbocycles. The Morgan fingerprint density at radius 1 is 0.882 bits per heavy atom. The molecule has 1 aliphatic rings. The first-order chi connectivity index (χ1) is 15.4. The average molecular weight is 513 g/mol. The Bertz CT molecular complexity index is 681. The third-order valence-electron chi connectivity index (χ3n) is 5.75. The number of carboxylic acids is 1. The number of aliphatic hydroxyl groups is 1. The summed E-state index contributed by atoms with van der Waals surface area (Å²) >= 11 is 0. The SMILES string of the molecule is C#CCO.C#CCO[Si](C)(C)C(C)(C)C.C1CCOC1.CC(C)(C)[Si](C)(C)OCC#CC(=O)O. The molecule has 0 bridgehead atoms. The Morgan fingerprint density at radius 3 is 1.50 bits per heavy atom. The smallest absolute Gasteiger partial charge is 0.381 e. The number of carbonyl (C=O) groups is 1. The predicted molar refractivity (Wildman–Crippen MR) is 147 cm³/mol. The van der Waals surface area contributed by atoms with Gasteiger partial charge in [0.05, 0.1) is 13.2 Å². The maximum atomic E-state index is 10.1. The molecule has 1 heterocycles. The average Bonchev–Trinajstić information content (AvgIpc) is 3.29. The number of aliphatic hydroxyl groups excluding tert-OH is 1. The number of carboxylic acid groups (broad SMARTS) is 1. The maximum absolute atomic E-state index is 10.1. The lowest BCUT2D eigenvalue weighted by Crippen LogP contribution is -2.40. The van der Waals surface area contributed by atoms with Crippen molar-refractivity contribution in [3.63, 3.8) is 0 Å². The fourth-order valence-electron chi connectivity index (χ4n) is 1.49. The maximum Gasteiger partial charge on any atom is 0.381 e. The summed E-state index contributed by atoms with van der Waals surface area (Å²) in [4.78, 5) is 10.1. The molecule has 34 heavy (non-hydrogen) atoms. The summed E-state index contributed by atoms with van der Waals surface area (Å²) in [6.07, 6.45) is 12.2.